The van der Waals surface area contributed by atoms with Crippen LogP contribution in [0.15, 0.2) is 47.4 Å². The van der Waals surface area contributed by atoms with E-state index in [1.165, 1.54) is 4.31 Å². The van der Waals surface area contributed by atoms with Gasteiger partial charge < -0.3 is 9.64 Å². The third-order valence-corrected chi connectivity index (χ3v) is 6.90. The molecular formula is C22H30N2O4S. The van der Waals surface area contributed by atoms with Crippen LogP contribution in [-0.4, -0.2) is 46.0 Å². The zero-order chi connectivity index (χ0) is 21.6. The van der Waals surface area contributed by atoms with Gasteiger partial charge in [-0.2, -0.15) is 0 Å². The number of methoxy groups -OCH3 is 1. The van der Waals surface area contributed by atoms with Crippen molar-refractivity contribution in [2.75, 3.05) is 31.0 Å². The summed E-state index contributed by atoms with van der Waals surface area (Å²) in [5.41, 5.74) is 2.42. The van der Waals surface area contributed by atoms with Gasteiger partial charge in [-0.15, -0.1) is 0 Å². The molecule has 29 heavy (non-hydrogen) atoms. The molecular weight excluding hydrogens is 388 g/mol. The van der Waals surface area contributed by atoms with Crippen LogP contribution in [0.3, 0.4) is 0 Å². The topological polar surface area (TPSA) is 66.9 Å². The molecule has 0 saturated carbocycles. The van der Waals surface area contributed by atoms with Crippen molar-refractivity contribution in [1.29, 1.82) is 0 Å². The average Bonchev–Trinajstić information content (AvgIpc) is 2.71. The predicted molar refractivity (Wildman–Crippen MR) is 116 cm³/mol. The largest absolute Gasteiger partial charge is 0.497 e. The minimum atomic E-state index is -3.83. The van der Waals surface area contributed by atoms with Crippen molar-refractivity contribution < 1.29 is 17.9 Å². The van der Waals surface area contributed by atoms with Crippen LogP contribution in [0.2, 0.25) is 0 Å². The van der Waals surface area contributed by atoms with Gasteiger partial charge in [0.15, 0.2) is 0 Å². The quantitative estimate of drug-likeness (QED) is 0.622. The lowest BCUT2D eigenvalue weighted by molar-refractivity contribution is -0.130. The molecule has 0 atom stereocenters. The molecule has 0 saturated heterocycles. The van der Waals surface area contributed by atoms with Crippen LogP contribution in [0.25, 0.3) is 0 Å². The van der Waals surface area contributed by atoms with Gasteiger partial charge in [0.05, 0.1) is 17.7 Å². The van der Waals surface area contributed by atoms with E-state index in [4.69, 9.17) is 4.74 Å². The summed E-state index contributed by atoms with van der Waals surface area (Å²) in [6.07, 6.45) is 0.109. The number of hydrogen-bond acceptors (Lipinski definition) is 4. The number of amides is 1. The van der Waals surface area contributed by atoms with Crippen LogP contribution in [0.5, 0.6) is 5.75 Å². The third-order valence-electron chi connectivity index (χ3n) is 5.07. The van der Waals surface area contributed by atoms with E-state index < -0.39 is 10.0 Å². The summed E-state index contributed by atoms with van der Waals surface area (Å²) in [7, 11) is -2.27. The third kappa shape index (κ3) is 5.29. The van der Waals surface area contributed by atoms with E-state index in [0.717, 1.165) is 11.1 Å². The molecule has 2 aromatic carbocycles. The Bertz CT molecular complexity index is 936. The minimum absolute atomic E-state index is 0.0659. The first-order valence-corrected chi connectivity index (χ1v) is 11.2. The summed E-state index contributed by atoms with van der Waals surface area (Å²) in [5, 5.41) is 0. The van der Waals surface area contributed by atoms with Gasteiger partial charge in [0.25, 0.3) is 10.0 Å². The molecule has 0 aliphatic carbocycles. The van der Waals surface area contributed by atoms with Gasteiger partial charge in [0.1, 0.15) is 5.75 Å². The maximum atomic E-state index is 13.4. The molecule has 158 valence electrons. The lowest BCUT2D eigenvalue weighted by Crippen LogP contribution is -2.37. The highest BCUT2D eigenvalue weighted by atomic mass is 32.2. The van der Waals surface area contributed by atoms with Crippen molar-refractivity contribution >= 4 is 21.6 Å². The highest BCUT2D eigenvalue weighted by molar-refractivity contribution is 7.92. The maximum absolute atomic E-state index is 13.4. The smallest absolute Gasteiger partial charge is 0.264 e. The van der Waals surface area contributed by atoms with Crippen molar-refractivity contribution in [2.24, 2.45) is 0 Å². The van der Waals surface area contributed by atoms with E-state index >= 15 is 0 Å². The van der Waals surface area contributed by atoms with E-state index in [9.17, 15) is 13.2 Å². The second kappa shape index (κ2) is 9.78. The molecule has 0 radical (unpaired) electrons. The first-order valence-electron chi connectivity index (χ1n) is 9.76. The molecule has 2 aromatic rings. The SMILES string of the molecule is CCN(CC)C(=O)CCN(c1ccc(OC)cc1)S(=O)(=O)c1ccc(C)c(C)c1. The fourth-order valence-electron chi connectivity index (χ4n) is 3.07. The Morgan fingerprint density at radius 2 is 1.59 bits per heavy atom. The predicted octanol–water partition coefficient (Wildman–Crippen LogP) is 3.77. The van der Waals surface area contributed by atoms with E-state index in [1.807, 2.05) is 27.7 Å². The Hall–Kier alpha value is -2.54. The van der Waals surface area contributed by atoms with Crippen molar-refractivity contribution in [3.05, 3.63) is 53.6 Å². The van der Waals surface area contributed by atoms with Crippen LogP contribution in [0.1, 0.15) is 31.4 Å². The van der Waals surface area contributed by atoms with E-state index in [2.05, 4.69) is 0 Å². The van der Waals surface area contributed by atoms with Crippen molar-refractivity contribution in [3.8, 4) is 5.75 Å². The van der Waals surface area contributed by atoms with Crippen LogP contribution >= 0.6 is 0 Å². The van der Waals surface area contributed by atoms with Gasteiger partial charge in [-0.1, -0.05) is 6.07 Å². The Morgan fingerprint density at radius 1 is 0.966 bits per heavy atom. The lowest BCUT2D eigenvalue weighted by atomic mass is 10.1. The number of nitrogens with zero attached hydrogens (tertiary/aromatic N) is 2. The maximum Gasteiger partial charge on any atom is 0.264 e. The zero-order valence-corrected chi connectivity index (χ0v) is 18.6. The minimum Gasteiger partial charge on any atom is -0.497 e. The molecule has 0 N–H and O–H groups in total. The average molecular weight is 419 g/mol. The number of benzene rings is 2. The number of aryl methyl sites for hydroxylation is 2. The Balaban J connectivity index is 2.42. The fourth-order valence-corrected chi connectivity index (χ4v) is 4.62. The first-order chi connectivity index (χ1) is 13.7. The molecule has 6 nitrogen and oxygen atoms in total. The number of carbonyl (C=O) groups is 1. The van der Waals surface area contributed by atoms with Gasteiger partial charge in [-0.3, -0.25) is 9.10 Å². The summed E-state index contributed by atoms with van der Waals surface area (Å²) < 4.78 is 33.4. The fraction of sp³-hybridized carbons (Fsp3) is 0.409. The molecule has 0 bridgehead atoms. The van der Waals surface area contributed by atoms with Crippen LogP contribution < -0.4 is 9.04 Å². The van der Waals surface area contributed by atoms with Crippen LogP contribution in [-0.2, 0) is 14.8 Å². The van der Waals surface area contributed by atoms with Gasteiger partial charge in [-0.25, -0.2) is 8.42 Å². The van der Waals surface area contributed by atoms with E-state index in [-0.39, 0.29) is 23.8 Å². The molecule has 7 heteroatoms. The van der Waals surface area contributed by atoms with Crippen LogP contribution in [0.4, 0.5) is 5.69 Å². The highest BCUT2D eigenvalue weighted by Gasteiger charge is 2.26. The monoisotopic (exact) mass is 418 g/mol. The van der Waals surface area contributed by atoms with Crippen molar-refractivity contribution in [3.63, 3.8) is 0 Å². The number of anilines is 1. The molecule has 0 aliphatic heterocycles. The summed E-state index contributed by atoms with van der Waals surface area (Å²) >= 11 is 0. The molecule has 0 aromatic heterocycles. The number of ether oxygens (including phenoxy) is 1. The molecule has 0 aliphatic rings. The van der Waals surface area contributed by atoms with Gasteiger partial charge in [0.2, 0.25) is 5.91 Å². The van der Waals surface area contributed by atoms with Crippen LogP contribution in [0, 0.1) is 13.8 Å². The Labute approximate surface area is 174 Å². The summed E-state index contributed by atoms with van der Waals surface area (Å²) in [4.78, 5) is 14.4. The van der Waals surface area contributed by atoms with Gasteiger partial charge >= 0.3 is 0 Å². The number of carbonyl (C=O) groups excluding carboxylic acids is 1. The number of hydrogen-bond donors (Lipinski definition) is 0. The summed E-state index contributed by atoms with van der Waals surface area (Å²) in [6, 6.07) is 11.9. The number of rotatable bonds is 9. The Kier molecular flexibility index (Phi) is 7.67. The van der Waals surface area contributed by atoms with E-state index in [1.54, 1.807) is 54.5 Å². The van der Waals surface area contributed by atoms with Gasteiger partial charge in [0, 0.05) is 26.1 Å². The van der Waals surface area contributed by atoms with E-state index in [0.29, 0.717) is 24.5 Å². The standard InChI is InChI=1S/C22H30N2O4S/c1-6-23(7-2)22(25)14-15-24(19-9-11-20(28-5)12-10-19)29(26,27)21-13-8-17(3)18(4)16-21/h8-13,16H,6-7,14-15H2,1-5H3. The molecule has 0 unspecified atom stereocenters. The Morgan fingerprint density at radius 3 is 2.10 bits per heavy atom. The second-order valence-corrected chi connectivity index (χ2v) is 8.70. The normalized spacial score (nSPS) is 11.2. The van der Waals surface area contributed by atoms with Crippen molar-refractivity contribution in [1.82, 2.24) is 4.90 Å². The zero-order valence-electron chi connectivity index (χ0n) is 17.8. The molecule has 0 heterocycles. The first kappa shape index (κ1) is 22.7. The molecule has 0 fully saturated rings. The van der Waals surface area contributed by atoms with Crippen molar-refractivity contribution in [2.45, 2.75) is 39.0 Å². The van der Waals surface area contributed by atoms with Gasteiger partial charge in [-0.05, 0) is 75.2 Å². The molecule has 2 rings (SSSR count). The lowest BCUT2D eigenvalue weighted by Gasteiger charge is -2.26. The highest BCUT2D eigenvalue weighted by Crippen LogP contribution is 2.27. The molecule has 1 amide bonds. The number of sulfonamides is 1. The summed E-state index contributed by atoms with van der Waals surface area (Å²) in [6.45, 7) is 8.91. The second-order valence-electron chi connectivity index (χ2n) is 6.84. The molecule has 0 spiro atoms. The summed E-state index contributed by atoms with van der Waals surface area (Å²) in [5.74, 6) is 0.570.